The van der Waals surface area contributed by atoms with Crippen LogP contribution in [0.4, 0.5) is 5.95 Å². The Kier molecular flexibility index (Phi) is 2.95. The van der Waals surface area contributed by atoms with Crippen LogP contribution in [0.25, 0.3) is 11.4 Å². The van der Waals surface area contributed by atoms with Crippen LogP contribution in [0.3, 0.4) is 0 Å². The first-order valence-corrected chi connectivity index (χ1v) is 6.84. The number of nitrogens with zero attached hydrogens (tertiary/aromatic N) is 3. The van der Waals surface area contributed by atoms with Crippen molar-refractivity contribution in [1.82, 2.24) is 14.8 Å². The van der Waals surface area contributed by atoms with Crippen molar-refractivity contribution >= 4 is 29.2 Å². The molecule has 1 aromatic heterocycles. The van der Waals surface area contributed by atoms with E-state index < -0.39 is 0 Å². The Morgan fingerprint density at radius 2 is 2.05 bits per heavy atom. The molecule has 6 heteroatoms. The van der Waals surface area contributed by atoms with E-state index in [1.807, 2.05) is 12.1 Å². The van der Waals surface area contributed by atoms with Crippen molar-refractivity contribution in [3.63, 3.8) is 0 Å². The molecule has 3 rings (SSSR count). The van der Waals surface area contributed by atoms with Gasteiger partial charge in [-0.3, -0.25) is 4.57 Å². The van der Waals surface area contributed by atoms with Crippen LogP contribution < -0.4 is 5.32 Å². The molecule has 0 fully saturated rings. The molecule has 1 aromatic carbocycles. The number of anilines is 1. The number of benzene rings is 1. The smallest absolute Gasteiger partial charge is 0.224 e. The molecule has 1 N–H and O–H groups in total. The zero-order valence-electron chi connectivity index (χ0n) is 10.7. The summed E-state index contributed by atoms with van der Waals surface area (Å²) in [7, 11) is 0. The predicted molar refractivity (Wildman–Crippen MR) is 77.7 cm³/mol. The van der Waals surface area contributed by atoms with Gasteiger partial charge in [0.15, 0.2) is 5.82 Å². The summed E-state index contributed by atoms with van der Waals surface area (Å²) >= 11 is 12.2. The first kappa shape index (κ1) is 12.8. The van der Waals surface area contributed by atoms with Crippen LogP contribution in [-0.4, -0.2) is 21.3 Å². The number of aromatic nitrogens is 3. The van der Waals surface area contributed by atoms with E-state index in [2.05, 4.69) is 33.9 Å². The van der Waals surface area contributed by atoms with E-state index in [4.69, 9.17) is 23.2 Å². The van der Waals surface area contributed by atoms with E-state index in [9.17, 15) is 0 Å². The number of nitrogens with one attached hydrogen (secondary N) is 1. The van der Waals surface area contributed by atoms with E-state index in [-0.39, 0.29) is 5.41 Å². The molecular formula is C13H14Cl2N4. The summed E-state index contributed by atoms with van der Waals surface area (Å²) in [6, 6.07) is 5.41. The quantitative estimate of drug-likeness (QED) is 0.872. The lowest BCUT2D eigenvalue weighted by molar-refractivity contribution is 0.311. The zero-order chi connectivity index (χ0) is 13.6. The van der Waals surface area contributed by atoms with Gasteiger partial charge in [0.25, 0.3) is 0 Å². The third kappa shape index (κ3) is 2.30. The molecule has 1 aliphatic heterocycles. The van der Waals surface area contributed by atoms with E-state index in [0.29, 0.717) is 10.0 Å². The largest absolute Gasteiger partial charge is 0.354 e. The molecule has 0 amide bonds. The van der Waals surface area contributed by atoms with Crippen LogP contribution in [0, 0.1) is 5.41 Å². The van der Waals surface area contributed by atoms with E-state index >= 15 is 0 Å². The summed E-state index contributed by atoms with van der Waals surface area (Å²) in [4.78, 5) is 0. The Morgan fingerprint density at radius 1 is 1.26 bits per heavy atom. The van der Waals surface area contributed by atoms with Crippen LogP contribution >= 0.6 is 23.2 Å². The molecule has 0 saturated heterocycles. The predicted octanol–water partition coefficient (Wildman–Crippen LogP) is 3.70. The topological polar surface area (TPSA) is 42.7 Å². The lowest BCUT2D eigenvalue weighted by atomic mass is 9.92. The highest BCUT2D eigenvalue weighted by molar-refractivity contribution is 6.36. The van der Waals surface area contributed by atoms with Crippen molar-refractivity contribution in [1.29, 1.82) is 0 Å². The van der Waals surface area contributed by atoms with Crippen LogP contribution in [-0.2, 0) is 6.54 Å². The van der Waals surface area contributed by atoms with Gasteiger partial charge in [0.05, 0.1) is 5.02 Å². The number of hydrogen-bond acceptors (Lipinski definition) is 3. The van der Waals surface area contributed by atoms with Crippen LogP contribution in [0.2, 0.25) is 10.0 Å². The Labute approximate surface area is 121 Å². The van der Waals surface area contributed by atoms with Gasteiger partial charge in [0, 0.05) is 29.1 Å². The first-order chi connectivity index (χ1) is 8.96. The number of rotatable bonds is 1. The molecular weight excluding hydrogens is 283 g/mol. The normalized spacial score (nSPS) is 16.8. The minimum absolute atomic E-state index is 0.156. The lowest BCUT2D eigenvalue weighted by Crippen LogP contribution is -2.34. The molecule has 0 atom stereocenters. The Hall–Kier alpha value is -1.26. The highest BCUT2D eigenvalue weighted by Crippen LogP contribution is 2.34. The zero-order valence-corrected chi connectivity index (χ0v) is 12.3. The second kappa shape index (κ2) is 4.39. The van der Waals surface area contributed by atoms with Crippen molar-refractivity contribution in [3.05, 3.63) is 28.2 Å². The highest BCUT2D eigenvalue weighted by Gasteiger charge is 2.28. The van der Waals surface area contributed by atoms with Gasteiger partial charge in [-0.1, -0.05) is 37.0 Å². The molecule has 4 nitrogen and oxygen atoms in total. The van der Waals surface area contributed by atoms with E-state index in [1.165, 1.54) is 0 Å². The molecule has 100 valence electrons. The number of fused-ring (bicyclic) bond motifs is 1. The third-order valence-corrected chi connectivity index (χ3v) is 3.78. The fourth-order valence-corrected chi connectivity index (χ4v) is 2.75. The standard InChI is InChI=1S/C13H14Cl2N4/c1-13(2)6-16-12-18-17-11(19(12)7-13)9-4-3-8(14)5-10(9)15/h3-5H,6-7H2,1-2H3,(H,16,18). The maximum Gasteiger partial charge on any atom is 0.224 e. The molecule has 2 heterocycles. The van der Waals surface area contributed by atoms with Crippen molar-refractivity contribution in [3.8, 4) is 11.4 Å². The van der Waals surface area contributed by atoms with Crippen molar-refractivity contribution < 1.29 is 0 Å². The van der Waals surface area contributed by atoms with Gasteiger partial charge in [-0.25, -0.2) is 0 Å². The summed E-state index contributed by atoms with van der Waals surface area (Å²) < 4.78 is 2.07. The summed E-state index contributed by atoms with van der Waals surface area (Å²) in [5.74, 6) is 1.57. The SMILES string of the molecule is CC1(C)CNc2nnc(-c3ccc(Cl)cc3Cl)n2C1. The number of hydrogen-bond donors (Lipinski definition) is 1. The highest BCUT2D eigenvalue weighted by atomic mass is 35.5. The average molecular weight is 297 g/mol. The molecule has 0 bridgehead atoms. The fraction of sp³-hybridized carbons (Fsp3) is 0.385. The van der Waals surface area contributed by atoms with Gasteiger partial charge < -0.3 is 5.32 Å². The maximum absolute atomic E-state index is 6.25. The minimum atomic E-state index is 0.156. The second-order valence-corrected chi connectivity index (χ2v) is 6.42. The fourth-order valence-electron chi connectivity index (χ4n) is 2.26. The summed E-state index contributed by atoms with van der Waals surface area (Å²) in [5, 5.41) is 12.9. The van der Waals surface area contributed by atoms with Crippen molar-refractivity contribution in [2.75, 3.05) is 11.9 Å². The van der Waals surface area contributed by atoms with Gasteiger partial charge in [-0.2, -0.15) is 0 Å². The van der Waals surface area contributed by atoms with Gasteiger partial charge in [0.2, 0.25) is 5.95 Å². The third-order valence-electron chi connectivity index (χ3n) is 3.23. The average Bonchev–Trinajstić information content (AvgIpc) is 2.70. The first-order valence-electron chi connectivity index (χ1n) is 6.09. The lowest BCUT2D eigenvalue weighted by Gasteiger charge is -2.31. The number of halogens is 2. The molecule has 0 radical (unpaired) electrons. The van der Waals surface area contributed by atoms with Gasteiger partial charge in [-0.15, -0.1) is 10.2 Å². The van der Waals surface area contributed by atoms with Crippen molar-refractivity contribution in [2.45, 2.75) is 20.4 Å². The molecule has 1 aliphatic rings. The second-order valence-electron chi connectivity index (χ2n) is 5.58. The van der Waals surface area contributed by atoms with Crippen LogP contribution in [0.1, 0.15) is 13.8 Å². The van der Waals surface area contributed by atoms with Gasteiger partial charge >= 0.3 is 0 Å². The van der Waals surface area contributed by atoms with Crippen molar-refractivity contribution in [2.24, 2.45) is 5.41 Å². The molecule has 0 spiro atoms. The summed E-state index contributed by atoms with van der Waals surface area (Å²) in [6.45, 7) is 6.16. The van der Waals surface area contributed by atoms with Crippen LogP contribution in [0.15, 0.2) is 18.2 Å². The van der Waals surface area contributed by atoms with Gasteiger partial charge in [-0.05, 0) is 18.2 Å². The van der Waals surface area contributed by atoms with Gasteiger partial charge in [0.1, 0.15) is 0 Å². The summed E-state index contributed by atoms with van der Waals surface area (Å²) in [6.07, 6.45) is 0. The monoisotopic (exact) mass is 296 g/mol. The summed E-state index contributed by atoms with van der Waals surface area (Å²) in [5.41, 5.74) is 1.01. The molecule has 0 unspecified atom stereocenters. The van der Waals surface area contributed by atoms with E-state index in [0.717, 1.165) is 30.4 Å². The Bertz CT molecular complexity index is 634. The maximum atomic E-state index is 6.25. The molecule has 0 aliphatic carbocycles. The minimum Gasteiger partial charge on any atom is -0.354 e. The molecule has 19 heavy (non-hydrogen) atoms. The molecule has 0 saturated carbocycles. The van der Waals surface area contributed by atoms with Crippen LogP contribution in [0.5, 0.6) is 0 Å². The Morgan fingerprint density at radius 3 is 2.79 bits per heavy atom. The van der Waals surface area contributed by atoms with E-state index in [1.54, 1.807) is 6.07 Å². The molecule has 2 aromatic rings. The Balaban J connectivity index is 2.10.